The monoisotopic (exact) mass is 410 g/mol. The van der Waals surface area contributed by atoms with Crippen molar-refractivity contribution in [2.45, 2.75) is 87.4 Å². The zero-order valence-electron chi connectivity index (χ0n) is 15.7. The minimum Gasteiger partial charge on any atom is -0.396 e. The van der Waals surface area contributed by atoms with Crippen LogP contribution < -0.4 is 5.32 Å². The van der Waals surface area contributed by atoms with Gasteiger partial charge in [0.2, 0.25) is 0 Å². The quantitative estimate of drug-likeness (QED) is 0.332. The Morgan fingerprint density at radius 2 is 1.93 bits per heavy atom. The van der Waals surface area contributed by atoms with Gasteiger partial charge in [-0.05, 0) is 44.4 Å². The number of rotatable bonds is 7. The van der Waals surface area contributed by atoms with Crippen LogP contribution in [0, 0.1) is 5.92 Å². The molecule has 10 heteroatoms. The van der Waals surface area contributed by atoms with E-state index < -0.39 is 30.5 Å². The SMILES string of the molecule is OCCCOCC1NC(C(F)(F)F)CCC1N(O)C1OC2CCC(C2)C2OC21. The first kappa shape index (κ1) is 20.8. The molecule has 8 unspecified atom stereocenters. The lowest BCUT2D eigenvalue weighted by molar-refractivity contribution is -0.270. The highest BCUT2D eigenvalue weighted by Gasteiger charge is 2.58. The summed E-state index contributed by atoms with van der Waals surface area (Å²) in [7, 11) is 0. The second-order valence-electron chi connectivity index (χ2n) is 8.33. The Kier molecular flexibility index (Phi) is 6.18. The molecule has 162 valence electrons. The summed E-state index contributed by atoms with van der Waals surface area (Å²) < 4.78 is 56.9. The van der Waals surface area contributed by atoms with Crippen molar-refractivity contribution in [3.05, 3.63) is 0 Å². The van der Waals surface area contributed by atoms with Gasteiger partial charge in [-0.3, -0.25) is 5.32 Å². The molecule has 1 saturated carbocycles. The highest BCUT2D eigenvalue weighted by atomic mass is 19.4. The third-order valence-corrected chi connectivity index (χ3v) is 6.43. The van der Waals surface area contributed by atoms with Crippen LogP contribution in [0.2, 0.25) is 0 Å². The summed E-state index contributed by atoms with van der Waals surface area (Å²) in [5.74, 6) is 0.449. The third-order valence-electron chi connectivity index (χ3n) is 6.43. The molecule has 0 spiro atoms. The second-order valence-corrected chi connectivity index (χ2v) is 8.33. The molecule has 0 aromatic heterocycles. The van der Waals surface area contributed by atoms with Crippen LogP contribution in [0.5, 0.6) is 0 Å². The van der Waals surface area contributed by atoms with Crippen LogP contribution in [0.25, 0.3) is 0 Å². The molecule has 3 heterocycles. The Balaban J connectivity index is 1.42. The van der Waals surface area contributed by atoms with Crippen molar-refractivity contribution in [1.82, 2.24) is 10.4 Å². The maximum atomic E-state index is 13.2. The zero-order valence-corrected chi connectivity index (χ0v) is 15.7. The van der Waals surface area contributed by atoms with Gasteiger partial charge >= 0.3 is 6.18 Å². The zero-order chi connectivity index (χ0) is 19.9. The van der Waals surface area contributed by atoms with E-state index in [2.05, 4.69) is 5.32 Å². The molecule has 4 fully saturated rings. The summed E-state index contributed by atoms with van der Waals surface area (Å²) in [4.78, 5) is 0. The van der Waals surface area contributed by atoms with Gasteiger partial charge in [0.05, 0.1) is 24.9 Å². The topological polar surface area (TPSA) is 86.7 Å². The second kappa shape index (κ2) is 8.33. The van der Waals surface area contributed by atoms with E-state index in [-0.39, 0.29) is 51.0 Å². The number of hydroxylamine groups is 2. The van der Waals surface area contributed by atoms with E-state index in [1.54, 1.807) is 0 Å². The first-order chi connectivity index (χ1) is 13.4. The minimum atomic E-state index is -4.35. The fourth-order valence-corrected chi connectivity index (χ4v) is 4.92. The molecule has 1 aliphatic carbocycles. The Morgan fingerprint density at radius 3 is 2.68 bits per heavy atom. The summed E-state index contributed by atoms with van der Waals surface area (Å²) in [6.45, 7) is 0.223. The van der Waals surface area contributed by atoms with E-state index in [1.807, 2.05) is 0 Å². The Bertz CT molecular complexity index is 540. The lowest BCUT2D eigenvalue weighted by Crippen LogP contribution is -2.63. The number of alkyl halides is 3. The largest absolute Gasteiger partial charge is 0.403 e. The molecule has 0 radical (unpaired) electrons. The number of ether oxygens (including phenoxy) is 3. The molecule has 2 bridgehead atoms. The average Bonchev–Trinajstić information content (AvgIpc) is 3.32. The predicted octanol–water partition coefficient (Wildman–Crippen LogP) is 1.42. The maximum absolute atomic E-state index is 13.2. The number of piperidine rings is 1. The van der Waals surface area contributed by atoms with Crippen molar-refractivity contribution in [2.24, 2.45) is 5.92 Å². The Morgan fingerprint density at radius 1 is 1.11 bits per heavy atom. The summed E-state index contributed by atoms with van der Waals surface area (Å²) >= 11 is 0. The van der Waals surface area contributed by atoms with Crippen LogP contribution in [0.15, 0.2) is 0 Å². The average molecular weight is 410 g/mol. The van der Waals surface area contributed by atoms with E-state index in [9.17, 15) is 18.4 Å². The smallest absolute Gasteiger partial charge is 0.396 e. The van der Waals surface area contributed by atoms with Crippen LogP contribution in [0.3, 0.4) is 0 Å². The molecule has 7 nitrogen and oxygen atoms in total. The van der Waals surface area contributed by atoms with Crippen molar-refractivity contribution in [2.75, 3.05) is 19.8 Å². The summed E-state index contributed by atoms with van der Waals surface area (Å²) in [5, 5.41) is 23.5. The maximum Gasteiger partial charge on any atom is 0.403 e. The van der Waals surface area contributed by atoms with E-state index in [0.717, 1.165) is 24.3 Å². The van der Waals surface area contributed by atoms with Crippen LogP contribution in [0.4, 0.5) is 13.2 Å². The van der Waals surface area contributed by atoms with Crippen LogP contribution in [-0.4, -0.2) is 84.0 Å². The molecule has 0 amide bonds. The van der Waals surface area contributed by atoms with Crippen LogP contribution >= 0.6 is 0 Å². The van der Waals surface area contributed by atoms with Gasteiger partial charge < -0.3 is 24.5 Å². The molecule has 0 aromatic carbocycles. The molecular weight excluding hydrogens is 381 g/mol. The van der Waals surface area contributed by atoms with E-state index in [4.69, 9.17) is 19.3 Å². The van der Waals surface area contributed by atoms with Crippen LogP contribution in [0.1, 0.15) is 38.5 Å². The molecule has 3 saturated heterocycles. The van der Waals surface area contributed by atoms with Gasteiger partial charge in [-0.25, -0.2) is 0 Å². The lowest BCUT2D eigenvalue weighted by Gasteiger charge is -2.43. The molecule has 8 atom stereocenters. The van der Waals surface area contributed by atoms with Gasteiger partial charge in [0.1, 0.15) is 12.1 Å². The van der Waals surface area contributed by atoms with Crippen molar-refractivity contribution in [3.8, 4) is 0 Å². The lowest BCUT2D eigenvalue weighted by atomic mass is 9.92. The molecule has 4 aliphatic rings. The first-order valence-corrected chi connectivity index (χ1v) is 10.2. The summed E-state index contributed by atoms with van der Waals surface area (Å²) in [5.41, 5.74) is 0. The van der Waals surface area contributed by atoms with Crippen molar-refractivity contribution in [1.29, 1.82) is 0 Å². The third kappa shape index (κ3) is 4.33. The molecule has 0 aromatic rings. The van der Waals surface area contributed by atoms with Crippen molar-refractivity contribution < 1.29 is 37.7 Å². The molecule has 4 rings (SSSR count). The number of halogens is 3. The Hall–Kier alpha value is -0.490. The van der Waals surface area contributed by atoms with Gasteiger partial charge in [0.25, 0.3) is 0 Å². The fraction of sp³-hybridized carbons (Fsp3) is 1.00. The molecule has 3 N–H and O–H groups in total. The highest BCUT2D eigenvalue weighted by Crippen LogP contribution is 2.47. The molecule has 3 aliphatic heterocycles. The number of nitrogens with zero attached hydrogens (tertiary/aromatic N) is 1. The highest BCUT2D eigenvalue weighted by molar-refractivity contribution is 5.03. The van der Waals surface area contributed by atoms with Gasteiger partial charge in [-0.2, -0.15) is 18.2 Å². The van der Waals surface area contributed by atoms with Crippen LogP contribution in [-0.2, 0) is 14.2 Å². The summed E-state index contributed by atoms with van der Waals surface area (Å²) in [6, 6.07) is -2.90. The minimum absolute atomic E-state index is 0.0159. The molecule has 28 heavy (non-hydrogen) atoms. The number of aliphatic hydroxyl groups excluding tert-OH is 1. The first-order valence-electron chi connectivity index (χ1n) is 10.2. The van der Waals surface area contributed by atoms with Crippen molar-refractivity contribution in [3.63, 3.8) is 0 Å². The van der Waals surface area contributed by atoms with E-state index >= 15 is 0 Å². The number of nitrogens with one attached hydrogen (secondary N) is 1. The van der Waals surface area contributed by atoms with E-state index in [0.29, 0.717) is 12.3 Å². The van der Waals surface area contributed by atoms with Gasteiger partial charge in [-0.15, -0.1) is 0 Å². The predicted molar refractivity (Wildman–Crippen MR) is 90.6 cm³/mol. The van der Waals surface area contributed by atoms with Crippen molar-refractivity contribution >= 4 is 0 Å². The van der Waals surface area contributed by atoms with Gasteiger partial charge in [0.15, 0.2) is 6.23 Å². The van der Waals surface area contributed by atoms with Gasteiger partial charge in [0, 0.05) is 19.3 Å². The van der Waals surface area contributed by atoms with E-state index in [1.165, 1.54) is 0 Å². The number of hydrogen-bond acceptors (Lipinski definition) is 7. The number of fused-ring (bicyclic) bond motifs is 4. The standard InChI is InChI=1S/C18H29F3N2O5/c19-18(20,21)14-5-4-13(12(22-14)9-26-7-1-6-24)23(25)17-16-15(28-16)10-2-3-11(8-10)27-17/h10-17,22,24-25H,1-9H2. The number of hydrogen-bond donors (Lipinski definition) is 3. The normalized spacial score (nSPS) is 43.1. The Labute approximate surface area is 162 Å². The molecular formula is C18H29F3N2O5. The van der Waals surface area contributed by atoms with Gasteiger partial charge in [-0.1, -0.05) is 0 Å². The number of aliphatic hydroxyl groups is 1. The summed E-state index contributed by atoms with van der Waals surface area (Å²) in [6.07, 6.45) is -1.72. The number of epoxide rings is 1. The fourth-order valence-electron chi connectivity index (χ4n) is 4.92.